The maximum Gasteiger partial charge on any atom is 0.222 e. The Labute approximate surface area is 123 Å². The molecule has 1 saturated heterocycles. The van der Waals surface area contributed by atoms with Gasteiger partial charge in [0, 0.05) is 35.6 Å². The summed E-state index contributed by atoms with van der Waals surface area (Å²) in [6, 6.07) is 5.50. The summed E-state index contributed by atoms with van der Waals surface area (Å²) in [5, 5.41) is 1.23. The number of carbonyl (C=O) groups is 1. The third kappa shape index (κ3) is 4.10. The molecule has 3 nitrogen and oxygen atoms in total. The predicted molar refractivity (Wildman–Crippen MR) is 78.6 cm³/mol. The third-order valence-corrected chi connectivity index (χ3v) is 4.02. The van der Waals surface area contributed by atoms with Crippen LogP contribution in [0.25, 0.3) is 0 Å². The van der Waals surface area contributed by atoms with E-state index in [9.17, 15) is 4.79 Å². The van der Waals surface area contributed by atoms with E-state index in [-0.39, 0.29) is 11.9 Å². The highest BCUT2D eigenvalue weighted by Gasteiger charge is 2.20. The summed E-state index contributed by atoms with van der Waals surface area (Å²) < 4.78 is 0. The molecule has 0 spiro atoms. The summed E-state index contributed by atoms with van der Waals surface area (Å²) in [7, 11) is 0. The summed E-state index contributed by atoms with van der Waals surface area (Å²) in [5.41, 5.74) is 6.84. The zero-order valence-electron chi connectivity index (χ0n) is 10.7. The van der Waals surface area contributed by atoms with Crippen molar-refractivity contribution in [3.63, 3.8) is 0 Å². The van der Waals surface area contributed by atoms with Gasteiger partial charge >= 0.3 is 0 Å². The molecule has 1 unspecified atom stereocenters. The van der Waals surface area contributed by atoms with E-state index < -0.39 is 0 Å². The Kier molecular flexibility index (Phi) is 5.08. The second-order valence-corrected chi connectivity index (χ2v) is 5.82. The number of nitrogens with two attached hydrogens (primary N) is 1. The van der Waals surface area contributed by atoms with Gasteiger partial charge in [-0.2, -0.15) is 0 Å². The molecule has 1 aromatic rings. The standard InChI is InChI=1S/C14H18Cl2N2O/c15-11-5-3-10(13(16)8-11)4-6-14(19)18-7-1-2-12(17)9-18/h3,5,8,12H,1-2,4,6-7,9,17H2. The lowest BCUT2D eigenvalue weighted by Crippen LogP contribution is -2.45. The Balaban J connectivity index is 1.89. The molecule has 1 aliphatic rings. The largest absolute Gasteiger partial charge is 0.341 e. The van der Waals surface area contributed by atoms with Gasteiger partial charge in [0.15, 0.2) is 0 Å². The van der Waals surface area contributed by atoms with Gasteiger partial charge in [-0.15, -0.1) is 0 Å². The number of hydrogen-bond donors (Lipinski definition) is 1. The van der Waals surface area contributed by atoms with Gasteiger partial charge in [-0.3, -0.25) is 4.79 Å². The number of benzene rings is 1. The molecular weight excluding hydrogens is 283 g/mol. The first-order chi connectivity index (χ1) is 9.06. The normalized spacial score (nSPS) is 19.5. The molecule has 5 heteroatoms. The van der Waals surface area contributed by atoms with E-state index >= 15 is 0 Å². The lowest BCUT2D eigenvalue weighted by Gasteiger charge is -2.30. The molecule has 0 bridgehead atoms. The van der Waals surface area contributed by atoms with Gasteiger partial charge in [-0.25, -0.2) is 0 Å². The molecule has 104 valence electrons. The molecule has 1 aliphatic heterocycles. The van der Waals surface area contributed by atoms with Gasteiger partial charge in [0.1, 0.15) is 0 Å². The maximum atomic E-state index is 12.1. The van der Waals surface area contributed by atoms with Gasteiger partial charge < -0.3 is 10.6 Å². The molecule has 0 aliphatic carbocycles. The van der Waals surface area contributed by atoms with Crippen LogP contribution in [0.5, 0.6) is 0 Å². The Bertz CT molecular complexity index is 465. The summed E-state index contributed by atoms with van der Waals surface area (Å²) in [5.74, 6) is 0.154. The second kappa shape index (κ2) is 6.60. The second-order valence-electron chi connectivity index (χ2n) is 4.98. The molecule has 19 heavy (non-hydrogen) atoms. The van der Waals surface area contributed by atoms with Gasteiger partial charge in [-0.05, 0) is 37.0 Å². The maximum absolute atomic E-state index is 12.1. The van der Waals surface area contributed by atoms with E-state index in [0.29, 0.717) is 29.4 Å². The highest BCUT2D eigenvalue weighted by molar-refractivity contribution is 6.35. The first kappa shape index (κ1) is 14.6. The fourth-order valence-corrected chi connectivity index (χ4v) is 2.86. The van der Waals surface area contributed by atoms with Crippen LogP contribution < -0.4 is 5.73 Å². The molecule has 2 rings (SSSR count). The number of amides is 1. The fourth-order valence-electron chi connectivity index (χ4n) is 2.36. The van der Waals surface area contributed by atoms with Crippen LogP contribution >= 0.6 is 23.2 Å². The minimum atomic E-state index is 0.122. The summed E-state index contributed by atoms with van der Waals surface area (Å²) in [4.78, 5) is 14.0. The minimum absolute atomic E-state index is 0.122. The Morgan fingerprint density at radius 3 is 2.89 bits per heavy atom. The molecule has 0 radical (unpaired) electrons. The smallest absolute Gasteiger partial charge is 0.222 e. The molecular formula is C14H18Cl2N2O. The number of halogens is 2. The highest BCUT2D eigenvalue weighted by Crippen LogP contribution is 2.22. The van der Waals surface area contributed by atoms with E-state index in [1.165, 1.54) is 0 Å². The number of nitrogens with zero attached hydrogens (tertiary/aromatic N) is 1. The monoisotopic (exact) mass is 300 g/mol. The van der Waals surface area contributed by atoms with Crippen molar-refractivity contribution in [2.75, 3.05) is 13.1 Å². The van der Waals surface area contributed by atoms with Crippen LogP contribution in [0.15, 0.2) is 18.2 Å². The number of carbonyl (C=O) groups excluding carboxylic acids is 1. The van der Waals surface area contributed by atoms with Gasteiger partial charge in [0.25, 0.3) is 0 Å². The lowest BCUT2D eigenvalue weighted by atomic mass is 10.0. The molecule has 1 heterocycles. The van der Waals surface area contributed by atoms with Crippen LogP contribution in [0.2, 0.25) is 10.0 Å². The molecule has 2 N–H and O–H groups in total. The Hall–Kier alpha value is -0.770. The van der Waals surface area contributed by atoms with Gasteiger partial charge in [-0.1, -0.05) is 29.3 Å². The summed E-state index contributed by atoms with van der Waals surface area (Å²) >= 11 is 11.9. The van der Waals surface area contributed by atoms with Crippen molar-refractivity contribution < 1.29 is 4.79 Å². The topological polar surface area (TPSA) is 46.3 Å². The lowest BCUT2D eigenvalue weighted by molar-refractivity contribution is -0.132. The van der Waals surface area contributed by atoms with E-state index in [1.54, 1.807) is 12.1 Å². The molecule has 1 atom stereocenters. The number of piperidine rings is 1. The first-order valence-corrected chi connectivity index (χ1v) is 7.29. The van der Waals surface area contributed by atoms with Crippen LogP contribution in [-0.2, 0) is 11.2 Å². The van der Waals surface area contributed by atoms with Crippen molar-refractivity contribution in [2.45, 2.75) is 31.7 Å². The van der Waals surface area contributed by atoms with Gasteiger partial charge in [0.05, 0.1) is 0 Å². The van der Waals surface area contributed by atoms with Crippen molar-refractivity contribution in [2.24, 2.45) is 5.73 Å². The van der Waals surface area contributed by atoms with Gasteiger partial charge in [0.2, 0.25) is 5.91 Å². The Morgan fingerprint density at radius 1 is 1.42 bits per heavy atom. The quantitative estimate of drug-likeness (QED) is 0.933. The predicted octanol–water partition coefficient (Wildman–Crippen LogP) is 2.88. The van der Waals surface area contributed by atoms with Crippen LogP contribution in [0.1, 0.15) is 24.8 Å². The van der Waals surface area contributed by atoms with E-state index in [4.69, 9.17) is 28.9 Å². The van der Waals surface area contributed by atoms with Crippen molar-refractivity contribution in [3.05, 3.63) is 33.8 Å². The van der Waals surface area contributed by atoms with E-state index in [0.717, 1.165) is 24.9 Å². The molecule has 1 amide bonds. The number of hydrogen-bond acceptors (Lipinski definition) is 2. The molecule has 0 aromatic heterocycles. The van der Waals surface area contributed by atoms with Crippen molar-refractivity contribution in [3.8, 4) is 0 Å². The van der Waals surface area contributed by atoms with Crippen LogP contribution in [-0.4, -0.2) is 29.9 Å². The van der Waals surface area contributed by atoms with E-state index in [1.807, 2.05) is 11.0 Å². The average Bonchev–Trinajstić information content (AvgIpc) is 2.37. The number of likely N-dealkylation sites (tertiary alicyclic amines) is 1. The zero-order chi connectivity index (χ0) is 13.8. The molecule has 1 aromatic carbocycles. The number of aryl methyl sites for hydroxylation is 1. The average molecular weight is 301 g/mol. The van der Waals surface area contributed by atoms with Crippen molar-refractivity contribution in [1.29, 1.82) is 0 Å². The van der Waals surface area contributed by atoms with Crippen molar-refractivity contribution >= 4 is 29.1 Å². The highest BCUT2D eigenvalue weighted by atomic mass is 35.5. The minimum Gasteiger partial charge on any atom is -0.341 e. The third-order valence-electron chi connectivity index (χ3n) is 3.43. The summed E-state index contributed by atoms with van der Waals surface area (Å²) in [6.07, 6.45) is 3.11. The SMILES string of the molecule is NC1CCCN(C(=O)CCc2ccc(Cl)cc2Cl)C1. The van der Waals surface area contributed by atoms with Crippen LogP contribution in [0.3, 0.4) is 0 Å². The van der Waals surface area contributed by atoms with Crippen LogP contribution in [0.4, 0.5) is 0 Å². The fraction of sp³-hybridized carbons (Fsp3) is 0.500. The van der Waals surface area contributed by atoms with Crippen LogP contribution in [0, 0.1) is 0 Å². The number of rotatable bonds is 3. The zero-order valence-corrected chi connectivity index (χ0v) is 12.3. The molecule has 1 fully saturated rings. The first-order valence-electron chi connectivity index (χ1n) is 6.53. The molecule has 0 saturated carbocycles. The summed E-state index contributed by atoms with van der Waals surface area (Å²) in [6.45, 7) is 1.49. The van der Waals surface area contributed by atoms with Crippen molar-refractivity contribution in [1.82, 2.24) is 4.90 Å². The Morgan fingerprint density at radius 2 is 2.21 bits per heavy atom. The van der Waals surface area contributed by atoms with E-state index in [2.05, 4.69) is 0 Å².